The second-order valence-corrected chi connectivity index (χ2v) is 6.24. The number of rotatable bonds is 1. The molecule has 2 aliphatic rings. The SMILES string of the molecule is NC1CCCN(C(=O)c2[c]sc3c2CCCC3)C1. The molecule has 2 N–H and O–H groups in total. The Morgan fingerprint density at radius 2 is 2.17 bits per heavy atom. The number of hydrogen-bond acceptors (Lipinski definition) is 3. The van der Waals surface area contributed by atoms with Crippen LogP contribution >= 0.6 is 11.3 Å². The van der Waals surface area contributed by atoms with Crippen LogP contribution in [-0.4, -0.2) is 29.9 Å². The highest BCUT2D eigenvalue weighted by atomic mass is 32.1. The van der Waals surface area contributed by atoms with Gasteiger partial charge in [-0.1, -0.05) is 0 Å². The van der Waals surface area contributed by atoms with Crippen molar-refractivity contribution < 1.29 is 4.79 Å². The van der Waals surface area contributed by atoms with Gasteiger partial charge >= 0.3 is 0 Å². The molecule has 0 bridgehead atoms. The number of fused-ring (bicyclic) bond motifs is 1. The molecule has 0 aromatic carbocycles. The molecule has 0 saturated carbocycles. The maximum atomic E-state index is 12.5. The minimum absolute atomic E-state index is 0.150. The summed E-state index contributed by atoms with van der Waals surface area (Å²) in [7, 11) is 0. The lowest BCUT2D eigenvalue weighted by molar-refractivity contribution is 0.0707. The molecule has 1 radical (unpaired) electrons. The first kappa shape index (κ1) is 12.2. The first-order valence-electron chi connectivity index (χ1n) is 6.83. The standard InChI is InChI=1S/C14H19N2OS/c15-10-4-3-7-16(8-10)14(17)12-9-18-13-6-2-1-5-11(12)13/h10H,1-8,15H2. The Hall–Kier alpha value is -0.870. The second-order valence-electron chi connectivity index (χ2n) is 5.34. The average Bonchev–Trinajstić information content (AvgIpc) is 2.82. The van der Waals surface area contributed by atoms with Gasteiger partial charge in [0.2, 0.25) is 0 Å². The van der Waals surface area contributed by atoms with Gasteiger partial charge in [-0.15, -0.1) is 11.3 Å². The van der Waals surface area contributed by atoms with Crippen molar-refractivity contribution in [1.82, 2.24) is 4.90 Å². The number of carbonyl (C=O) groups excluding carboxylic acids is 1. The minimum atomic E-state index is 0.150. The van der Waals surface area contributed by atoms with Crippen LogP contribution in [0.4, 0.5) is 0 Å². The molecular weight excluding hydrogens is 244 g/mol. The summed E-state index contributed by atoms with van der Waals surface area (Å²) in [4.78, 5) is 15.8. The maximum absolute atomic E-state index is 12.5. The Balaban J connectivity index is 1.81. The zero-order valence-corrected chi connectivity index (χ0v) is 11.4. The predicted molar refractivity (Wildman–Crippen MR) is 72.9 cm³/mol. The fraction of sp³-hybridized carbons (Fsp3) is 0.643. The number of piperidine rings is 1. The van der Waals surface area contributed by atoms with E-state index in [9.17, 15) is 4.79 Å². The number of nitrogens with zero attached hydrogens (tertiary/aromatic N) is 1. The van der Waals surface area contributed by atoms with Crippen molar-refractivity contribution in [3.8, 4) is 0 Å². The Morgan fingerprint density at radius 1 is 1.33 bits per heavy atom. The van der Waals surface area contributed by atoms with Crippen LogP contribution in [0.2, 0.25) is 0 Å². The summed E-state index contributed by atoms with van der Waals surface area (Å²) in [5.41, 5.74) is 8.06. The number of nitrogens with two attached hydrogens (primary N) is 1. The molecule has 3 nitrogen and oxygen atoms in total. The lowest BCUT2D eigenvalue weighted by atomic mass is 9.95. The quantitative estimate of drug-likeness (QED) is 0.842. The van der Waals surface area contributed by atoms with Gasteiger partial charge < -0.3 is 10.6 Å². The highest BCUT2D eigenvalue weighted by molar-refractivity contribution is 7.10. The number of likely N-dealkylation sites (tertiary alicyclic amines) is 1. The van der Waals surface area contributed by atoms with Crippen molar-refractivity contribution in [2.45, 2.75) is 44.6 Å². The number of carbonyl (C=O) groups is 1. The molecule has 3 rings (SSSR count). The molecule has 1 aromatic rings. The molecule has 1 fully saturated rings. The Morgan fingerprint density at radius 3 is 3.00 bits per heavy atom. The lowest BCUT2D eigenvalue weighted by Gasteiger charge is -2.31. The Kier molecular flexibility index (Phi) is 3.39. The zero-order chi connectivity index (χ0) is 12.5. The van der Waals surface area contributed by atoms with Crippen LogP contribution in [-0.2, 0) is 12.8 Å². The predicted octanol–water partition coefficient (Wildman–Crippen LogP) is 1.99. The van der Waals surface area contributed by atoms with E-state index in [0.29, 0.717) is 6.54 Å². The third kappa shape index (κ3) is 2.19. The van der Waals surface area contributed by atoms with Crippen molar-refractivity contribution in [3.63, 3.8) is 0 Å². The lowest BCUT2D eigenvalue weighted by Crippen LogP contribution is -2.45. The molecular formula is C14H19N2OS. The minimum Gasteiger partial charge on any atom is -0.337 e. The molecule has 1 unspecified atom stereocenters. The first-order chi connectivity index (χ1) is 8.75. The van der Waals surface area contributed by atoms with Gasteiger partial charge in [0.15, 0.2) is 0 Å². The molecule has 4 heteroatoms. The van der Waals surface area contributed by atoms with E-state index in [4.69, 9.17) is 5.73 Å². The van der Waals surface area contributed by atoms with E-state index in [1.807, 2.05) is 4.90 Å². The second kappa shape index (κ2) is 5.02. The molecule has 2 heterocycles. The van der Waals surface area contributed by atoms with E-state index in [1.54, 1.807) is 11.3 Å². The van der Waals surface area contributed by atoms with Crippen LogP contribution in [0.1, 0.15) is 46.5 Å². The van der Waals surface area contributed by atoms with Crippen LogP contribution in [0.5, 0.6) is 0 Å². The first-order valence-corrected chi connectivity index (χ1v) is 7.64. The third-order valence-electron chi connectivity index (χ3n) is 3.95. The van der Waals surface area contributed by atoms with Crippen LogP contribution < -0.4 is 5.73 Å². The molecule has 18 heavy (non-hydrogen) atoms. The summed E-state index contributed by atoms with van der Waals surface area (Å²) in [6.45, 7) is 1.56. The summed E-state index contributed by atoms with van der Waals surface area (Å²) in [5.74, 6) is 0.157. The summed E-state index contributed by atoms with van der Waals surface area (Å²) in [6.07, 6.45) is 6.70. The highest BCUT2D eigenvalue weighted by Crippen LogP contribution is 2.30. The van der Waals surface area contributed by atoms with Crippen molar-refractivity contribution in [2.24, 2.45) is 5.73 Å². The van der Waals surface area contributed by atoms with Gasteiger partial charge in [0.25, 0.3) is 5.91 Å². The van der Waals surface area contributed by atoms with Gasteiger partial charge in [0, 0.05) is 24.0 Å². The van der Waals surface area contributed by atoms with E-state index in [-0.39, 0.29) is 11.9 Å². The van der Waals surface area contributed by atoms with Crippen molar-refractivity contribution >= 4 is 17.2 Å². The third-order valence-corrected chi connectivity index (χ3v) is 4.96. The monoisotopic (exact) mass is 263 g/mol. The van der Waals surface area contributed by atoms with Gasteiger partial charge in [-0.05, 0) is 44.1 Å². The van der Waals surface area contributed by atoms with Crippen LogP contribution in [0.15, 0.2) is 0 Å². The average molecular weight is 263 g/mol. The summed E-state index contributed by atoms with van der Waals surface area (Å²) < 4.78 is 0. The van der Waals surface area contributed by atoms with Gasteiger partial charge in [0.1, 0.15) is 0 Å². The number of aryl methyl sites for hydroxylation is 1. The Bertz CT molecular complexity index is 455. The van der Waals surface area contributed by atoms with Gasteiger partial charge in [0.05, 0.1) is 10.9 Å². The Labute approximate surface area is 112 Å². The van der Waals surface area contributed by atoms with Crippen molar-refractivity contribution in [3.05, 3.63) is 21.4 Å². The number of amides is 1. The number of thiophene rings is 1. The van der Waals surface area contributed by atoms with Gasteiger partial charge in [-0.2, -0.15) is 0 Å². The molecule has 1 amide bonds. The smallest absolute Gasteiger partial charge is 0.255 e. The largest absolute Gasteiger partial charge is 0.337 e. The van der Waals surface area contributed by atoms with E-state index < -0.39 is 0 Å². The number of hydrogen-bond donors (Lipinski definition) is 1. The van der Waals surface area contributed by atoms with E-state index in [2.05, 4.69) is 5.38 Å². The van der Waals surface area contributed by atoms with Crippen molar-refractivity contribution in [2.75, 3.05) is 13.1 Å². The molecule has 1 aliphatic carbocycles. The zero-order valence-electron chi connectivity index (χ0n) is 10.6. The normalized spacial score (nSPS) is 23.8. The van der Waals surface area contributed by atoms with E-state index in [1.165, 1.54) is 23.3 Å². The van der Waals surface area contributed by atoms with Gasteiger partial charge in [-0.3, -0.25) is 4.79 Å². The van der Waals surface area contributed by atoms with Gasteiger partial charge in [-0.25, -0.2) is 0 Å². The maximum Gasteiger partial charge on any atom is 0.255 e. The van der Waals surface area contributed by atoms with Crippen LogP contribution in [0.25, 0.3) is 0 Å². The van der Waals surface area contributed by atoms with E-state index >= 15 is 0 Å². The summed E-state index contributed by atoms with van der Waals surface area (Å²) in [5, 5.41) is 3.24. The fourth-order valence-corrected chi connectivity index (χ4v) is 3.96. The summed E-state index contributed by atoms with van der Waals surface area (Å²) in [6, 6.07) is 0.150. The summed E-state index contributed by atoms with van der Waals surface area (Å²) >= 11 is 1.64. The molecule has 97 valence electrons. The molecule has 1 aromatic heterocycles. The van der Waals surface area contributed by atoms with Crippen LogP contribution in [0.3, 0.4) is 0 Å². The molecule has 0 spiro atoms. The van der Waals surface area contributed by atoms with E-state index in [0.717, 1.165) is 37.8 Å². The molecule has 1 aliphatic heterocycles. The molecule has 1 atom stereocenters. The fourth-order valence-electron chi connectivity index (χ4n) is 2.95. The highest BCUT2D eigenvalue weighted by Gasteiger charge is 2.27. The van der Waals surface area contributed by atoms with Crippen LogP contribution in [0, 0.1) is 5.38 Å². The topological polar surface area (TPSA) is 46.3 Å². The molecule has 1 saturated heterocycles. The van der Waals surface area contributed by atoms with Crippen molar-refractivity contribution in [1.29, 1.82) is 0 Å².